The summed E-state index contributed by atoms with van der Waals surface area (Å²) in [4.78, 5) is 0. The molecule has 0 aliphatic heterocycles. The third-order valence-electron chi connectivity index (χ3n) is 4.52. The van der Waals surface area contributed by atoms with E-state index in [0.717, 1.165) is 12.5 Å². The van der Waals surface area contributed by atoms with Crippen molar-refractivity contribution in [1.82, 2.24) is 0 Å². The first-order valence-corrected chi connectivity index (χ1v) is 8.04. The molecule has 1 aromatic carbocycles. The Morgan fingerprint density at radius 2 is 2.00 bits per heavy atom. The molecule has 2 unspecified atom stereocenters. The second-order valence-corrected chi connectivity index (χ2v) is 6.84. The fourth-order valence-electron chi connectivity index (χ4n) is 3.26. The minimum Gasteiger partial charge on any atom is -0.378 e. The summed E-state index contributed by atoms with van der Waals surface area (Å²) >= 11 is 3.62. The molecule has 3 heteroatoms. The van der Waals surface area contributed by atoms with E-state index in [0.29, 0.717) is 0 Å². The molecule has 1 aromatic rings. The Labute approximate surface area is 125 Å². The molecule has 1 aliphatic rings. The maximum atomic E-state index is 6.07. The topological polar surface area (TPSA) is 38.0 Å². The minimum atomic E-state index is 0.105. The van der Waals surface area contributed by atoms with Crippen LogP contribution in [0.3, 0.4) is 0 Å². The third-order valence-corrected chi connectivity index (χ3v) is 5.78. The first-order valence-electron chi connectivity index (χ1n) is 7.24. The molecule has 0 radical (unpaired) electrons. The Morgan fingerprint density at radius 1 is 1.37 bits per heavy atom. The van der Waals surface area contributed by atoms with Crippen molar-refractivity contribution in [2.24, 2.45) is 11.7 Å². The van der Waals surface area contributed by atoms with Crippen molar-refractivity contribution in [3.05, 3.63) is 27.7 Å². The zero-order valence-electron chi connectivity index (χ0n) is 12.2. The lowest BCUT2D eigenvalue weighted by atomic mass is 9.94. The van der Waals surface area contributed by atoms with E-state index in [1.165, 1.54) is 47.0 Å². The standard InChI is InChI=1S/C16H25BrN2/c1-4-13-5-6-16(9-13,10-18)19-14-7-11(2)15(17)12(3)8-14/h7-8,13,19H,4-6,9-10,18H2,1-3H3. The van der Waals surface area contributed by atoms with E-state index in [9.17, 15) is 0 Å². The zero-order chi connectivity index (χ0) is 14.0. The molecular formula is C16H25BrN2. The highest BCUT2D eigenvalue weighted by Gasteiger charge is 2.37. The van der Waals surface area contributed by atoms with Crippen molar-refractivity contribution in [1.29, 1.82) is 0 Å². The van der Waals surface area contributed by atoms with Gasteiger partial charge < -0.3 is 11.1 Å². The number of hydrogen-bond acceptors (Lipinski definition) is 2. The van der Waals surface area contributed by atoms with Crippen molar-refractivity contribution in [2.75, 3.05) is 11.9 Å². The van der Waals surface area contributed by atoms with E-state index >= 15 is 0 Å². The van der Waals surface area contributed by atoms with Gasteiger partial charge in [0.2, 0.25) is 0 Å². The average molecular weight is 325 g/mol. The van der Waals surface area contributed by atoms with Crippen molar-refractivity contribution in [3.8, 4) is 0 Å². The van der Waals surface area contributed by atoms with Crippen LogP contribution in [0.15, 0.2) is 16.6 Å². The fraction of sp³-hybridized carbons (Fsp3) is 0.625. The van der Waals surface area contributed by atoms with Crippen molar-refractivity contribution < 1.29 is 0 Å². The number of anilines is 1. The van der Waals surface area contributed by atoms with Gasteiger partial charge in [-0.3, -0.25) is 0 Å². The lowest BCUT2D eigenvalue weighted by molar-refractivity contribution is 0.449. The van der Waals surface area contributed by atoms with Crippen LogP contribution in [0.1, 0.15) is 43.7 Å². The predicted octanol–water partition coefficient (Wildman–Crippen LogP) is 4.39. The highest BCUT2D eigenvalue weighted by Crippen LogP contribution is 2.38. The number of hydrogen-bond donors (Lipinski definition) is 2. The summed E-state index contributed by atoms with van der Waals surface area (Å²) in [5, 5.41) is 3.73. The van der Waals surface area contributed by atoms with Crippen LogP contribution < -0.4 is 11.1 Å². The van der Waals surface area contributed by atoms with Gasteiger partial charge in [-0.15, -0.1) is 0 Å². The third kappa shape index (κ3) is 3.14. The van der Waals surface area contributed by atoms with Crippen molar-refractivity contribution >= 4 is 21.6 Å². The highest BCUT2D eigenvalue weighted by molar-refractivity contribution is 9.10. The number of nitrogens with two attached hydrogens (primary N) is 1. The van der Waals surface area contributed by atoms with E-state index in [2.05, 4.69) is 54.2 Å². The summed E-state index contributed by atoms with van der Waals surface area (Å²) in [6.45, 7) is 7.28. The Morgan fingerprint density at radius 3 is 2.47 bits per heavy atom. The van der Waals surface area contributed by atoms with Crippen LogP contribution in [-0.4, -0.2) is 12.1 Å². The largest absolute Gasteiger partial charge is 0.378 e. The zero-order valence-corrected chi connectivity index (χ0v) is 13.8. The van der Waals surface area contributed by atoms with E-state index in [-0.39, 0.29) is 5.54 Å². The van der Waals surface area contributed by atoms with E-state index in [1.807, 2.05) is 0 Å². The second-order valence-electron chi connectivity index (χ2n) is 6.05. The van der Waals surface area contributed by atoms with Gasteiger partial charge in [0.15, 0.2) is 0 Å². The lowest BCUT2D eigenvalue weighted by Crippen LogP contribution is -2.43. The van der Waals surface area contributed by atoms with Gasteiger partial charge in [0, 0.05) is 22.2 Å². The monoisotopic (exact) mass is 324 g/mol. The van der Waals surface area contributed by atoms with Crippen LogP contribution in [0.25, 0.3) is 0 Å². The number of benzene rings is 1. The molecule has 19 heavy (non-hydrogen) atoms. The van der Waals surface area contributed by atoms with Crippen LogP contribution in [0, 0.1) is 19.8 Å². The van der Waals surface area contributed by atoms with Gasteiger partial charge in [0.1, 0.15) is 0 Å². The molecule has 106 valence electrons. The average Bonchev–Trinajstić information content (AvgIpc) is 2.80. The molecule has 1 aliphatic carbocycles. The molecular weight excluding hydrogens is 300 g/mol. The molecule has 0 heterocycles. The van der Waals surface area contributed by atoms with Crippen LogP contribution in [0.4, 0.5) is 5.69 Å². The van der Waals surface area contributed by atoms with Gasteiger partial charge in [-0.2, -0.15) is 0 Å². The van der Waals surface area contributed by atoms with Gasteiger partial charge >= 0.3 is 0 Å². The Kier molecular flexibility index (Phi) is 4.57. The summed E-state index contributed by atoms with van der Waals surface area (Å²) in [7, 11) is 0. The maximum Gasteiger partial charge on any atom is 0.0498 e. The van der Waals surface area contributed by atoms with E-state index in [1.54, 1.807) is 0 Å². The molecule has 0 spiro atoms. The molecule has 2 atom stereocenters. The summed E-state index contributed by atoms with van der Waals surface area (Å²) in [5.41, 5.74) is 9.94. The lowest BCUT2D eigenvalue weighted by Gasteiger charge is -2.31. The number of aryl methyl sites for hydroxylation is 2. The second kappa shape index (κ2) is 5.84. The molecule has 2 rings (SSSR count). The van der Waals surface area contributed by atoms with Gasteiger partial charge in [0.25, 0.3) is 0 Å². The first-order chi connectivity index (χ1) is 8.99. The van der Waals surface area contributed by atoms with Gasteiger partial charge in [-0.05, 0) is 62.3 Å². The normalized spacial score (nSPS) is 26.7. The molecule has 2 nitrogen and oxygen atoms in total. The maximum absolute atomic E-state index is 6.07. The van der Waals surface area contributed by atoms with Gasteiger partial charge in [-0.25, -0.2) is 0 Å². The molecule has 0 bridgehead atoms. The number of rotatable bonds is 4. The highest BCUT2D eigenvalue weighted by atomic mass is 79.9. The number of halogens is 1. The van der Waals surface area contributed by atoms with Crippen LogP contribution in [-0.2, 0) is 0 Å². The molecule has 1 saturated carbocycles. The smallest absolute Gasteiger partial charge is 0.0498 e. The van der Waals surface area contributed by atoms with E-state index in [4.69, 9.17) is 5.73 Å². The Bertz CT molecular complexity index is 435. The number of nitrogens with one attached hydrogen (secondary N) is 1. The van der Waals surface area contributed by atoms with Crippen molar-refractivity contribution in [3.63, 3.8) is 0 Å². The van der Waals surface area contributed by atoms with Crippen LogP contribution >= 0.6 is 15.9 Å². The Hall–Kier alpha value is -0.540. The van der Waals surface area contributed by atoms with Gasteiger partial charge in [-0.1, -0.05) is 29.3 Å². The van der Waals surface area contributed by atoms with Crippen LogP contribution in [0.2, 0.25) is 0 Å². The summed E-state index contributed by atoms with van der Waals surface area (Å²) in [6, 6.07) is 4.43. The van der Waals surface area contributed by atoms with Crippen molar-refractivity contribution in [2.45, 2.75) is 52.0 Å². The predicted molar refractivity (Wildman–Crippen MR) is 86.7 cm³/mol. The molecule has 1 fully saturated rings. The molecule has 3 N–H and O–H groups in total. The first kappa shape index (κ1) is 14.9. The summed E-state index contributed by atoms with van der Waals surface area (Å²) in [5.74, 6) is 0.827. The molecule has 0 saturated heterocycles. The Balaban J connectivity index is 2.20. The fourth-order valence-corrected chi connectivity index (χ4v) is 3.49. The summed E-state index contributed by atoms with van der Waals surface area (Å²) < 4.78 is 1.21. The van der Waals surface area contributed by atoms with Crippen LogP contribution in [0.5, 0.6) is 0 Å². The minimum absolute atomic E-state index is 0.105. The molecule has 0 aromatic heterocycles. The quantitative estimate of drug-likeness (QED) is 0.862. The SMILES string of the molecule is CCC1CCC(CN)(Nc2cc(C)c(Br)c(C)c2)C1. The summed E-state index contributed by atoms with van der Waals surface area (Å²) in [6.07, 6.45) is 4.96. The van der Waals surface area contributed by atoms with E-state index < -0.39 is 0 Å². The molecule has 0 amide bonds. The van der Waals surface area contributed by atoms with Gasteiger partial charge in [0.05, 0.1) is 0 Å².